The van der Waals surface area contributed by atoms with Crippen LogP contribution in [-0.2, 0) is 0 Å². The largest absolute Gasteiger partial charge is 0.320 e. The number of hydrogen-bond donors (Lipinski definition) is 0. The van der Waals surface area contributed by atoms with Gasteiger partial charge in [0, 0.05) is 13.1 Å². The van der Waals surface area contributed by atoms with Gasteiger partial charge in [-0.05, 0) is 12.8 Å². The Morgan fingerprint density at radius 3 is 2.40 bits per heavy atom. The Kier molecular flexibility index (Phi) is 8.34. The molecule has 0 aliphatic carbocycles. The first-order valence-electron chi connectivity index (χ1n) is 5.97. The summed E-state index contributed by atoms with van der Waals surface area (Å²) in [7, 11) is 0. The van der Waals surface area contributed by atoms with E-state index in [1.54, 1.807) is 0 Å². The molecule has 0 bridgehead atoms. The number of nitrogens with zero attached hydrogens (tertiary/aromatic N) is 3. The minimum Gasteiger partial charge on any atom is -0.320 e. The summed E-state index contributed by atoms with van der Waals surface area (Å²) in [6, 6.07) is 0. The van der Waals surface area contributed by atoms with Crippen molar-refractivity contribution in [1.29, 1.82) is 0 Å². The summed E-state index contributed by atoms with van der Waals surface area (Å²) >= 11 is 0. The molecule has 0 N–H and O–H groups in total. The van der Waals surface area contributed by atoms with Crippen LogP contribution >= 0.6 is 0 Å². The van der Waals surface area contributed by atoms with Crippen LogP contribution in [0.1, 0.15) is 47.5 Å². The predicted octanol–water partition coefficient (Wildman–Crippen LogP) is 3.73. The quantitative estimate of drug-likeness (QED) is 0.342. The molecule has 15 heavy (non-hydrogen) atoms. The third-order valence-electron chi connectivity index (χ3n) is 2.09. The van der Waals surface area contributed by atoms with Gasteiger partial charge in [-0.3, -0.25) is 5.01 Å². The fourth-order valence-electron chi connectivity index (χ4n) is 1.17. The van der Waals surface area contributed by atoms with E-state index in [-0.39, 0.29) is 0 Å². The molecule has 0 fully saturated rings. The summed E-state index contributed by atoms with van der Waals surface area (Å²) in [6.45, 7) is 13.6. The van der Waals surface area contributed by atoms with Crippen LogP contribution in [0.4, 0.5) is 0 Å². The van der Waals surface area contributed by atoms with Crippen LogP contribution in [0.15, 0.2) is 10.3 Å². The second kappa shape index (κ2) is 8.69. The van der Waals surface area contributed by atoms with Gasteiger partial charge in [-0.15, -0.1) is 0 Å². The van der Waals surface area contributed by atoms with Crippen LogP contribution in [0.5, 0.6) is 0 Å². The summed E-state index contributed by atoms with van der Waals surface area (Å²) in [4.78, 5) is 0. The van der Waals surface area contributed by atoms with Crippen molar-refractivity contribution >= 4 is 0 Å². The normalized spacial score (nSPS) is 11.9. The molecular weight excluding hydrogens is 186 g/mol. The zero-order valence-corrected chi connectivity index (χ0v) is 11.0. The molecule has 90 valence electrons. The van der Waals surface area contributed by atoms with Crippen molar-refractivity contribution < 1.29 is 0 Å². The Morgan fingerprint density at radius 1 is 1.27 bits per heavy atom. The maximum Gasteiger partial charge on any atom is 0.0643 e. The minimum atomic E-state index is 0.596. The third-order valence-corrected chi connectivity index (χ3v) is 2.09. The molecule has 0 saturated carbocycles. The zero-order valence-electron chi connectivity index (χ0n) is 11.0. The molecule has 0 amide bonds. The van der Waals surface area contributed by atoms with Gasteiger partial charge in [0.2, 0.25) is 0 Å². The molecule has 0 aromatic heterocycles. The van der Waals surface area contributed by atoms with Gasteiger partial charge < -0.3 is 5.92 Å². The Morgan fingerprint density at radius 2 is 1.93 bits per heavy atom. The van der Waals surface area contributed by atoms with Gasteiger partial charge in [0.1, 0.15) is 0 Å². The summed E-state index contributed by atoms with van der Waals surface area (Å²) < 4.78 is 0. The zero-order chi connectivity index (χ0) is 11.7. The fraction of sp³-hybridized carbons (Fsp3) is 0.917. The maximum absolute atomic E-state index is 4.23. The molecule has 0 heterocycles. The van der Waals surface area contributed by atoms with E-state index in [9.17, 15) is 0 Å². The molecule has 0 unspecified atom stereocenters. The lowest BCUT2D eigenvalue weighted by Crippen LogP contribution is -2.18. The van der Waals surface area contributed by atoms with Crippen molar-refractivity contribution in [3.05, 3.63) is 5.92 Å². The Bertz CT molecular complexity index is 164. The Labute approximate surface area is 94.9 Å². The summed E-state index contributed by atoms with van der Waals surface area (Å²) in [6.07, 6.45) is 2.37. The average molecular weight is 212 g/mol. The molecule has 0 aliphatic heterocycles. The molecule has 0 saturated heterocycles. The molecule has 0 aromatic rings. The van der Waals surface area contributed by atoms with Crippen LogP contribution in [0.3, 0.4) is 0 Å². The SMILES string of the molecule is CCN(CCC[C-](C)C)N=NCC(C)C. The molecule has 0 atom stereocenters. The van der Waals surface area contributed by atoms with Crippen molar-refractivity contribution in [2.45, 2.75) is 47.5 Å². The Balaban J connectivity index is 3.67. The standard InChI is InChI=1S/C12H26N3/c1-6-15(9-7-8-11(2)3)14-13-10-12(4)5/h12H,6-10H2,1-5H3/q-1. The van der Waals surface area contributed by atoms with Crippen LogP contribution in [-0.4, -0.2) is 24.6 Å². The van der Waals surface area contributed by atoms with Crippen LogP contribution in [0.2, 0.25) is 0 Å². The summed E-state index contributed by atoms with van der Waals surface area (Å²) in [5.41, 5.74) is 0. The van der Waals surface area contributed by atoms with E-state index >= 15 is 0 Å². The van der Waals surface area contributed by atoms with Crippen molar-refractivity contribution in [2.24, 2.45) is 16.3 Å². The number of rotatable bonds is 8. The fourth-order valence-corrected chi connectivity index (χ4v) is 1.17. The molecular formula is C12H26N3-. The van der Waals surface area contributed by atoms with Crippen LogP contribution in [0, 0.1) is 11.8 Å². The van der Waals surface area contributed by atoms with E-state index in [0.717, 1.165) is 19.6 Å². The molecule has 3 heteroatoms. The van der Waals surface area contributed by atoms with Gasteiger partial charge in [0.25, 0.3) is 0 Å². The monoisotopic (exact) mass is 212 g/mol. The summed E-state index contributed by atoms with van der Waals surface area (Å²) in [5, 5.41) is 10.5. The predicted molar refractivity (Wildman–Crippen MR) is 65.6 cm³/mol. The second-order valence-electron chi connectivity index (χ2n) is 4.66. The minimum absolute atomic E-state index is 0.596. The Hall–Kier alpha value is -0.600. The van der Waals surface area contributed by atoms with Crippen molar-refractivity contribution in [2.75, 3.05) is 19.6 Å². The smallest absolute Gasteiger partial charge is 0.0643 e. The van der Waals surface area contributed by atoms with Crippen molar-refractivity contribution in [1.82, 2.24) is 5.01 Å². The van der Waals surface area contributed by atoms with Gasteiger partial charge in [-0.25, -0.2) is 0 Å². The van der Waals surface area contributed by atoms with Crippen LogP contribution < -0.4 is 0 Å². The van der Waals surface area contributed by atoms with Gasteiger partial charge in [0.05, 0.1) is 6.54 Å². The highest BCUT2D eigenvalue weighted by atomic mass is 15.5. The van der Waals surface area contributed by atoms with Crippen LogP contribution in [0.25, 0.3) is 0 Å². The third kappa shape index (κ3) is 9.70. The van der Waals surface area contributed by atoms with Gasteiger partial charge in [0.15, 0.2) is 0 Å². The van der Waals surface area contributed by atoms with E-state index in [2.05, 4.69) is 45.0 Å². The molecule has 0 spiro atoms. The molecule has 0 rings (SSSR count). The van der Waals surface area contributed by atoms with Gasteiger partial charge in [-0.1, -0.05) is 25.5 Å². The van der Waals surface area contributed by atoms with E-state index in [4.69, 9.17) is 0 Å². The molecule has 0 radical (unpaired) electrons. The lowest BCUT2D eigenvalue weighted by Gasteiger charge is -2.20. The van der Waals surface area contributed by atoms with E-state index in [1.807, 2.05) is 5.01 Å². The second-order valence-corrected chi connectivity index (χ2v) is 4.66. The highest BCUT2D eigenvalue weighted by Crippen LogP contribution is 2.07. The highest BCUT2D eigenvalue weighted by molar-refractivity contribution is 4.76. The number of hydrogen-bond acceptors (Lipinski definition) is 2. The van der Waals surface area contributed by atoms with Gasteiger partial charge >= 0.3 is 0 Å². The molecule has 3 nitrogen and oxygen atoms in total. The first-order valence-corrected chi connectivity index (χ1v) is 5.97. The first kappa shape index (κ1) is 14.4. The van der Waals surface area contributed by atoms with E-state index < -0.39 is 0 Å². The molecule has 0 aromatic carbocycles. The van der Waals surface area contributed by atoms with Crippen molar-refractivity contribution in [3.8, 4) is 0 Å². The maximum atomic E-state index is 4.23. The first-order chi connectivity index (χ1) is 7.06. The van der Waals surface area contributed by atoms with Crippen molar-refractivity contribution in [3.63, 3.8) is 0 Å². The van der Waals surface area contributed by atoms with E-state index in [0.29, 0.717) is 5.92 Å². The average Bonchev–Trinajstić information content (AvgIpc) is 2.14. The summed E-state index contributed by atoms with van der Waals surface area (Å²) in [5.74, 6) is 2.09. The van der Waals surface area contributed by atoms with E-state index in [1.165, 1.54) is 18.8 Å². The topological polar surface area (TPSA) is 28.0 Å². The van der Waals surface area contributed by atoms with Gasteiger partial charge in [-0.2, -0.15) is 25.4 Å². The molecule has 0 aliphatic rings. The lowest BCUT2D eigenvalue weighted by atomic mass is 10.1. The highest BCUT2D eigenvalue weighted by Gasteiger charge is 1.96. The lowest BCUT2D eigenvalue weighted by molar-refractivity contribution is 0.272.